The molecule has 0 aliphatic heterocycles. The molecule has 0 fully saturated rings. The molecule has 2 nitrogen and oxygen atoms in total. The van der Waals surface area contributed by atoms with Crippen LogP contribution in [0.25, 0.3) is 0 Å². The van der Waals surface area contributed by atoms with E-state index in [1.54, 1.807) is 0 Å². The van der Waals surface area contributed by atoms with Crippen LogP contribution in [0, 0.1) is 6.92 Å². The van der Waals surface area contributed by atoms with Gasteiger partial charge in [-0.3, -0.25) is 0 Å². The van der Waals surface area contributed by atoms with Gasteiger partial charge in [0, 0.05) is 16.1 Å². The van der Waals surface area contributed by atoms with Crippen LogP contribution < -0.4 is 5.32 Å². The Kier molecular flexibility index (Phi) is 3.96. The minimum Gasteiger partial charge on any atom is -0.507 e. The third-order valence-electron chi connectivity index (χ3n) is 2.27. The number of hydrogen-bond acceptors (Lipinski definition) is 2. The van der Waals surface area contributed by atoms with Gasteiger partial charge in [-0.05, 0) is 38.1 Å². The van der Waals surface area contributed by atoms with Gasteiger partial charge >= 0.3 is 0 Å². The molecular weight excluding hydrogens is 242 g/mol. The molecule has 0 spiro atoms. The van der Waals surface area contributed by atoms with Crippen LogP contribution in [0.2, 0.25) is 0 Å². The van der Waals surface area contributed by atoms with Crippen molar-refractivity contribution < 1.29 is 5.11 Å². The standard InChI is InChI=1S/C11H16BrNO/c1-4-13-8(3)10-6-9(12)5-7(2)11(10)14/h5-6,8,13-14H,4H2,1-3H3. The molecule has 1 unspecified atom stereocenters. The summed E-state index contributed by atoms with van der Waals surface area (Å²) in [5.41, 5.74) is 1.85. The molecule has 0 aliphatic carbocycles. The summed E-state index contributed by atoms with van der Waals surface area (Å²) in [5, 5.41) is 13.1. The summed E-state index contributed by atoms with van der Waals surface area (Å²) in [5.74, 6) is 0.390. The molecule has 0 saturated carbocycles. The van der Waals surface area contributed by atoms with Crippen LogP contribution in [0.3, 0.4) is 0 Å². The Bertz CT molecular complexity index is 325. The van der Waals surface area contributed by atoms with E-state index in [2.05, 4.69) is 28.2 Å². The molecule has 0 radical (unpaired) electrons. The van der Waals surface area contributed by atoms with Crippen LogP contribution in [0.15, 0.2) is 16.6 Å². The number of aryl methyl sites for hydroxylation is 1. The lowest BCUT2D eigenvalue weighted by atomic mass is 10.0. The smallest absolute Gasteiger partial charge is 0.123 e. The predicted octanol–water partition coefficient (Wildman–Crippen LogP) is 3.13. The number of phenols is 1. The van der Waals surface area contributed by atoms with Crippen LogP contribution in [0.5, 0.6) is 5.75 Å². The third-order valence-corrected chi connectivity index (χ3v) is 2.73. The SMILES string of the molecule is CCNC(C)c1cc(Br)cc(C)c1O. The third kappa shape index (κ3) is 2.49. The fourth-order valence-electron chi connectivity index (χ4n) is 1.51. The Morgan fingerprint density at radius 2 is 2.14 bits per heavy atom. The first kappa shape index (κ1) is 11.5. The zero-order valence-electron chi connectivity index (χ0n) is 8.76. The quantitative estimate of drug-likeness (QED) is 0.872. The van der Waals surface area contributed by atoms with E-state index in [0.29, 0.717) is 5.75 Å². The summed E-state index contributed by atoms with van der Waals surface area (Å²) in [7, 11) is 0. The molecule has 0 bridgehead atoms. The first-order valence-corrected chi connectivity index (χ1v) is 5.58. The summed E-state index contributed by atoms with van der Waals surface area (Å²) in [4.78, 5) is 0. The summed E-state index contributed by atoms with van der Waals surface area (Å²) < 4.78 is 1.01. The maximum absolute atomic E-state index is 9.86. The van der Waals surface area contributed by atoms with E-state index in [-0.39, 0.29) is 6.04 Å². The minimum atomic E-state index is 0.177. The number of benzene rings is 1. The molecule has 0 saturated heterocycles. The van der Waals surface area contributed by atoms with Gasteiger partial charge in [0.05, 0.1) is 0 Å². The lowest BCUT2D eigenvalue weighted by molar-refractivity contribution is 0.450. The molecule has 14 heavy (non-hydrogen) atoms. The monoisotopic (exact) mass is 257 g/mol. The van der Waals surface area contributed by atoms with Gasteiger partial charge in [-0.25, -0.2) is 0 Å². The van der Waals surface area contributed by atoms with Gasteiger partial charge in [0.1, 0.15) is 5.75 Å². The first-order valence-electron chi connectivity index (χ1n) is 4.78. The van der Waals surface area contributed by atoms with Crippen LogP contribution in [-0.4, -0.2) is 11.7 Å². The van der Waals surface area contributed by atoms with Crippen molar-refractivity contribution in [3.05, 3.63) is 27.7 Å². The molecule has 1 atom stereocenters. The average molecular weight is 258 g/mol. The Labute approximate surface area is 93.5 Å². The topological polar surface area (TPSA) is 32.3 Å². The summed E-state index contributed by atoms with van der Waals surface area (Å²) >= 11 is 3.43. The first-order chi connectivity index (χ1) is 6.56. The molecule has 3 heteroatoms. The Morgan fingerprint density at radius 1 is 1.50 bits per heavy atom. The van der Waals surface area contributed by atoms with Crippen molar-refractivity contribution in [1.29, 1.82) is 0 Å². The fraction of sp³-hybridized carbons (Fsp3) is 0.455. The van der Waals surface area contributed by atoms with Crippen molar-refractivity contribution in [2.24, 2.45) is 0 Å². The number of phenolic OH excluding ortho intramolecular Hbond substituents is 1. The van der Waals surface area contributed by atoms with Gasteiger partial charge < -0.3 is 10.4 Å². The molecule has 0 aliphatic rings. The Balaban J connectivity index is 3.07. The predicted molar refractivity (Wildman–Crippen MR) is 62.6 cm³/mol. The Hall–Kier alpha value is -0.540. The highest BCUT2D eigenvalue weighted by molar-refractivity contribution is 9.10. The molecule has 0 aromatic heterocycles. The van der Waals surface area contributed by atoms with Gasteiger partial charge in [0.2, 0.25) is 0 Å². The zero-order valence-corrected chi connectivity index (χ0v) is 10.4. The van der Waals surface area contributed by atoms with Crippen molar-refractivity contribution >= 4 is 15.9 Å². The van der Waals surface area contributed by atoms with E-state index >= 15 is 0 Å². The molecule has 78 valence electrons. The minimum absolute atomic E-state index is 0.177. The number of aromatic hydroxyl groups is 1. The second-order valence-electron chi connectivity index (χ2n) is 3.44. The van der Waals surface area contributed by atoms with Gasteiger partial charge in [0.25, 0.3) is 0 Å². The zero-order chi connectivity index (χ0) is 10.7. The summed E-state index contributed by atoms with van der Waals surface area (Å²) in [6.45, 7) is 6.90. The highest BCUT2D eigenvalue weighted by Crippen LogP contribution is 2.30. The number of nitrogens with one attached hydrogen (secondary N) is 1. The lowest BCUT2D eigenvalue weighted by Gasteiger charge is -2.16. The largest absolute Gasteiger partial charge is 0.507 e. The van der Waals surface area contributed by atoms with E-state index < -0.39 is 0 Å². The average Bonchev–Trinajstić information content (AvgIpc) is 2.11. The highest BCUT2D eigenvalue weighted by atomic mass is 79.9. The van der Waals surface area contributed by atoms with Crippen molar-refractivity contribution in [3.63, 3.8) is 0 Å². The van der Waals surface area contributed by atoms with Gasteiger partial charge in [-0.15, -0.1) is 0 Å². The summed E-state index contributed by atoms with van der Waals surface area (Å²) in [6.07, 6.45) is 0. The van der Waals surface area contributed by atoms with E-state index in [1.807, 2.05) is 26.0 Å². The maximum atomic E-state index is 9.86. The molecule has 1 aromatic rings. The second kappa shape index (κ2) is 4.80. The van der Waals surface area contributed by atoms with Gasteiger partial charge in [0.15, 0.2) is 0 Å². The number of halogens is 1. The number of hydrogen-bond donors (Lipinski definition) is 2. The van der Waals surface area contributed by atoms with E-state index in [4.69, 9.17) is 0 Å². The van der Waals surface area contributed by atoms with Crippen molar-refractivity contribution in [1.82, 2.24) is 5.32 Å². The Morgan fingerprint density at radius 3 is 2.71 bits per heavy atom. The van der Waals surface area contributed by atoms with E-state index in [1.165, 1.54) is 0 Å². The molecular formula is C11H16BrNO. The summed E-state index contributed by atoms with van der Waals surface area (Å²) in [6, 6.07) is 4.05. The van der Waals surface area contributed by atoms with E-state index in [9.17, 15) is 5.11 Å². The lowest BCUT2D eigenvalue weighted by Crippen LogP contribution is -2.17. The highest BCUT2D eigenvalue weighted by Gasteiger charge is 2.11. The van der Waals surface area contributed by atoms with Crippen molar-refractivity contribution in [2.75, 3.05) is 6.54 Å². The molecule has 0 amide bonds. The molecule has 0 heterocycles. The molecule has 1 rings (SSSR count). The maximum Gasteiger partial charge on any atom is 0.123 e. The van der Waals surface area contributed by atoms with Crippen molar-refractivity contribution in [2.45, 2.75) is 26.8 Å². The fourth-order valence-corrected chi connectivity index (χ4v) is 2.10. The molecule has 2 N–H and O–H groups in total. The van der Waals surface area contributed by atoms with Gasteiger partial charge in [-0.1, -0.05) is 22.9 Å². The number of rotatable bonds is 3. The van der Waals surface area contributed by atoms with E-state index in [0.717, 1.165) is 22.1 Å². The second-order valence-corrected chi connectivity index (χ2v) is 4.36. The molecule has 1 aromatic carbocycles. The van der Waals surface area contributed by atoms with Crippen LogP contribution >= 0.6 is 15.9 Å². The van der Waals surface area contributed by atoms with Crippen LogP contribution in [-0.2, 0) is 0 Å². The van der Waals surface area contributed by atoms with Gasteiger partial charge in [-0.2, -0.15) is 0 Å². The van der Waals surface area contributed by atoms with Crippen molar-refractivity contribution in [3.8, 4) is 5.75 Å². The normalized spacial score (nSPS) is 12.9. The van der Waals surface area contributed by atoms with Crippen LogP contribution in [0.1, 0.15) is 31.0 Å². The van der Waals surface area contributed by atoms with Crippen LogP contribution in [0.4, 0.5) is 0 Å².